The molecule has 1 amide bonds. The molecule has 0 saturated heterocycles. The lowest BCUT2D eigenvalue weighted by Crippen LogP contribution is -2.30. The third-order valence-corrected chi connectivity index (χ3v) is 4.98. The van der Waals surface area contributed by atoms with E-state index in [0.717, 1.165) is 11.1 Å². The number of aromatic nitrogens is 1. The van der Waals surface area contributed by atoms with Gasteiger partial charge in [0.05, 0.1) is 4.70 Å². The molecule has 3 rings (SSSR count). The van der Waals surface area contributed by atoms with Crippen LogP contribution in [0.4, 0.5) is 4.39 Å². The van der Waals surface area contributed by atoms with Gasteiger partial charge in [-0.1, -0.05) is 12.1 Å². The molecule has 0 spiro atoms. The number of nitrogens with zero attached hydrogens (tertiary/aromatic N) is 1. The molecule has 1 aromatic carbocycles. The van der Waals surface area contributed by atoms with E-state index in [4.69, 9.17) is 5.11 Å². The van der Waals surface area contributed by atoms with Crippen LogP contribution in [0.25, 0.3) is 21.2 Å². The molecule has 2 aromatic heterocycles. The number of hydrogen-bond acceptors (Lipinski definition) is 5. The Labute approximate surface area is 153 Å². The van der Waals surface area contributed by atoms with Crippen molar-refractivity contribution in [1.29, 1.82) is 0 Å². The molecule has 0 unspecified atom stereocenters. The van der Waals surface area contributed by atoms with Gasteiger partial charge in [0.2, 0.25) is 0 Å². The number of thiophene rings is 1. The van der Waals surface area contributed by atoms with Gasteiger partial charge < -0.3 is 15.5 Å². The van der Waals surface area contributed by atoms with E-state index in [2.05, 4.69) is 26.2 Å². The summed E-state index contributed by atoms with van der Waals surface area (Å²) in [6, 6.07) is 5.86. The molecule has 25 heavy (non-hydrogen) atoms. The normalized spacial score (nSPS) is 10.8. The Bertz CT molecular complexity index is 988. The second-order valence-electron chi connectivity index (χ2n) is 5.04. The van der Waals surface area contributed by atoms with Crippen molar-refractivity contribution >= 4 is 49.2 Å². The van der Waals surface area contributed by atoms with Crippen LogP contribution < -0.4 is 5.32 Å². The fraction of sp³-hybridized carbons (Fsp3) is 0.0625. The Hall–Kier alpha value is -2.52. The molecule has 3 N–H and O–H groups in total. The number of halogens is 2. The average molecular weight is 425 g/mol. The minimum Gasteiger partial charge on any atom is -0.504 e. The van der Waals surface area contributed by atoms with E-state index in [0.29, 0.717) is 14.7 Å². The molecular formula is C16H10BrFN2O4S. The molecule has 0 aliphatic carbocycles. The minimum atomic E-state index is -1.21. The van der Waals surface area contributed by atoms with Crippen LogP contribution >= 0.6 is 27.3 Å². The summed E-state index contributed by atoms with van der Waals surface area (Å²) in [5.41, 5.74) is 1.19. The SMILES string of the molecule is O=C(O)CNC(=O)c1nc(Br)c2c(-c3ccc(F)cc3)csc2c1O. The van der Waals surface area contributed by atoms with Gasteiger partial charge in [-0.3, -0.25) is 9.59 Å². The number of fused-ring (bicyclic) bond motifs is 1. The van der Waals surface area contributed by atoms with E-state index in [-0.39, 0.29) is 17.3 Å². The maximum atomic E-state index is 13.1. The molecule has 0 aliphatic heterocycles. The minimum absolute atomic E-state index is 0.270. The molecule has 128 valence electrons. The van der Waals surface area contributed by atoms with Crippen molar-refractivity contribution in [2.45, 2.75) is 0 Å². The Morgan fingerprint density at radius 3 is 2.60 bits per heavy atom. The summed E-state index contributed by atoms with van der Waals surface area (Å²) in [6.07, 6.45) is 0. The van der Waals surface area contributed by atoms with Crippen LogP contribution in [-0.4, -0.2) is 33.6 Å². The number of aromatic hydroxyl groups is 1. The molecule has 0 atom stereocenters. The van der Waals surface area contributed by atoms with Crippen LogP contribution in [0.2, 0.25) is 0 Å². The Kier molecular flexibility index (Phi) is 4.69. The third kappa shape index (κ3) is 3.33. The summed E-state index contributed by atoms with van der Waals surface area (Å²) in [6.45, 7) is -0.582. The number of carboxylic acid groups (broad SMARTS) is 1. The van der Waals surface area contributed by atoms with Gasteiger partial charge in [-0.05, 0) is 33.6 Å². The molecule has 0 saturated carbocycles. The maximum absolute atomic E-state index is 13.1. The smallest absolute Gasteiger partial charge is 0.322 e. The van der Waals surface area contributed by atoms with E-state index in [1.807, 2.05) is 0 Å². The lowest BCUT2D eigenvalue weighted by molar-refractivity contribution is -0.135. The monoisotopic (exact) mass is 424 g/mol. The van der Waals surface area contributed by atoms with Gasteiger partial charge in [-0.2, -0.15) is 0 Å². The number of carboxylic acids is 1. The van der Waals surface area contributed by atoms with Crippen LogP contribution in [0.3, 0.4) is 0 Å². The van der Waals surface area contributed by atoms with Crippen molar-refractivity contribution in [3.8, 4) is 16.9 Å². The van der Waals surface area contributed by atoms with Crippen LogP contribution in [0, 0.1) is 5.82 Å². The highest BCUT2D eigenvalue weighted by Gasteiger charge is 2.22. The van der Waals surface area contributed by atoms with E-state index in [9.17, 15) is 19.1 Å². The summed E-state index contributed by atoms with van der Waals surface area (Å²) in [5.74, 6) is -2.69. The largest absolute Gasteiger partial charge is 0.504 e. The lowest BCUT2D eigenvalue weighted by atomic mass is 10.1. The Balaban J connectivity index is 2.09. The number of nitrogens with one attached hydrogen (secondary N) is 1. The molecule has 0 fully saturated rings. The van der Waals surface area contributed by atoms with Gasteiger partial charge in [-0.15, -0.1) is 11.3 Å². The van der Waals surface area contributed by atoms with E-state index in [1.165, 1.54) is 23.5 Å². The van der Waals surface area contributed by atoms with E-state index >= 15 is 0 Å². The Morgan fingerprint density at radius 1 is 1.28 bits per heavy atom. The molecular weight excluding hydrogens is 415 g/mol. The van der Waals surface area contributed by atoms with Crippen LogP contribution in [0.1, 0.15) is 10.5 Å². The number of aliphatic carboxylic acids is 1. The van der Waals surface area contributed by atoms with Gasteiger partial charge in [-0.25, -0.2) is 9.37 Å². The number of rotatable bonds is 4. The summed E-state index contributed by atoms with van der Waals surface area (Å²) in [5, 5.41) is 23.5. The van der Waals surface area contributed by atoms with Crippen molar-refractivity contribution in [3.63, 3.8) is 0 Å². The maximum Gasteiger partial charge on any atom is 0.322 e. The summed E-state index contributed by atoms with van der Waals surface area (Å²) in [4.78, 5) is 26.6. The zero-order valence-electron chi connectivity index (χ0n) is 12.4. The first-order chi connectivity index (χ1) is 11.9. The number of carbonyl (C=O) groups is 2. The molecule has 0 aliphatic rings. The quantitative estimate of drug-likeness (QED) is 0.557. The summed E-state index contributed by atoms with van der Waals surface area (Å²) >= 11 is 4.49. The fourth-order valence-electron chi connectivity index (χ4n) is 2.29. The molecule has 2 heterocycles. The highest BCUT2D eigenvalue weighted by atomic mass is 79.9. The highest BCUT2D eigenvalue weighted by molar-refractivity contribution is 9.10. The van der Waals surface area contributed by atoms with E-state index in [1.54, 1.807) is 17.5 Å². The van der Waals surface area contributed by atoms with Crippen molar-refractivity contribution < 1.29 is 24.2 Å². The topological polar surface area (TPSA) is 99.5 Å². The molecule has 6 nitrogen and oxygen atoms in total. The summed E-state index contributed by atoms with van der Waals surface area (Å²) < 4.78 is 13.9. The van der Waals surface area contributed by atoms with Crippen LogP contribution in [0.5, 0.6) is 5.75 Å². The predicted octanol–water partition coefficient (Wildman–Crippen LogP) is 3.38. The van der Waals surface area contributed by atoms with Gasteiger partial charge in [0.1, 0.15) is 17.0 Å². The summed E-state index contributed by atoms with van der Waals surface area (Å²) in [7, 11) is 0. The highest BCUT2D eigenvalue weighted by Crippen LogP contribution is 2.43. The van der Waals surface area contributed by atoms with E-state index < -0.39 is 18.4 Å². The number of hydrogen-bond donors (Lipinski definition) is 3. The number of amides is 1. The van der Waals surface area contributed by atoms with Gasteiger partial charge >= 0.3 is 5.97 Å². The van der Waals surface area contributed by atoms with Gasteiger partial charge in [0, 0.05) is 16.3 Å². The number of carbonyl (C=O) groups excluding carboxylic acids is 1. The first kappa shape index (κ1) is 17.3. The molecule has 9 heteroatoms. The fourth-order valence-corrected chi connectivity index (χ4v) is 4.03. The second kappa shape index (κ2) is 6.77. The van der Waals surface area contributed by atoms with Crippen molar-refractivity contribution in [2.75, 3.05) is 6.54 Å². The Morgan fingerprint density at radius 2 is 1.96 bits per heavy atom. The first-order valence-corrected chi connectivity index (χ1v) is 8.61. The number of benzene rings is 1. The second-order valence-corrected chi connectivity index (χ2v) is 6.67. The first-order valence-electron chi connectivity index (χ1n) is 6.94. The van der Waals surface area contributed by atoms with Crippen LogP contribution in [0.15, 0.2) is 34.2 Å². The average Bonchev–Trinajstić information content (AvgIpc) is 3.02. The molecule has 3 aromatic rings. The third-order valence-electron chi connectivity index (χ3n) is 3.42. The van der Waals surface area contributed by atoms with Crippen molar-refractivity contribution in [1.82, 2.24) is 10.3 Å². The zero-order chi connectivity index (χ0) is 18.1. The predicted molar refractivity (Wildman–Crippen MR) is 94.3 cm³/mol. The van der Waals surface area contributed by atoms with Gasteiger partial charge in [0.15, 0.2) is 11.4 Å². The molecule has 0 bridgehead atoms. The van der Waals surface area contributed by atoms with Crippen LogP contribution in [-0.2, 0) is 4.79 Å². The zero-order valence-corrected chi connectivity index (χ0v) is 14.8. The molecule has 0 radical (unpaired) electrons. The van der Waals surface area contributed by atoms with Crippen molar-refractivity contribution in [2.24, 2.45) is 0 Å². The van der Waals surface area contributed by atoms with Gasteiger partial charge in [0.25, 0.3) is 5.91 Å². The number of pyridine rings is 1. The lowest BCUT2D eigenvalue weighted by Gasteiger charge is -2.08. The standard InChI is InChI=1S/C16H10BrFN2O4S/c17-15-11-9(7-1-3-8(18)4-2-7)6-25-14(11)13(23)12(20-15)16(24)19-5-10(21)22/h1-4,6,23H,5H2,(H,19,24)(H,21,22). The van der Waals surface area contributed by atoms with Crippen molar-refractivity contribution in [3.05, 3.63) is 45.8 Å².